The largest absolute Gasteiger partial charge is 0.376 e. The molecule has 0 aromatic carbocycles. The summed E-state index contributed by atoms with van der Waals surface area (Å²) in [6, 6.07) is 1.81. The van der Waals surface area contributed by atoms with Gasteiger partial charge < -0.3 is 14.6 Å². The third-order valence-electron chi connectivity index (χ3n) is 3.00. The number of rotatable bonds is 4. The zero-order valence-electron chi connectivity index (χ0n) is 9.91. The summed E-state index contributed by atoms with van der Waals surface area (Å²) < 4.78 is 6.46. The van der Waals surface area contributed by atoms with Gasteiger partial charge in [0.1, 0.15) is 5.69 Å². The Bertz CT molecular complexity index is 386. The predicted molar refractivity (Wildman–Crippen MR) is 69.0 cm³/mol. The van der Waals surface area contributed by atoms with Crippen molar-refractivity contribution >= 4 is 21.8 Å². The maximum atomic E-state index is 12.2. The lowest BCUT2D eigenvalue weighted by Gasteiger charge is -2.23. The Kier molecular flexibility index (Phi) is 4.23. The smallest absolute Gasteiger partial charge is 0.270 e. The Morgan fingerprint density at radius 1 is 1.71 bits per heavy atom. The van der Waals surface area contributed by atoms with Crippen LogP contribution in [0.3, 0.4) is 0 Å². The van der Waals surface area contributed by atoms with Gasteiger partial charge in [0.15, 0.2) is 0 Å². The van der Waals surface area contributed by atoms with Gasteiger partial charge in [0.25, 0.3) is 5.91 Å². The van der Waals surface area contributed by atoms with Gasteiger partial charge in [-0.25, -0.2) is 0 Å². The number of aromatic nitrogens is 1. The molecule has 1 unspecified atom stereocenters. The molecule has 1 N–H and O–H groups in total. The maximum Gasteiger partial charge on any atom is 0.270 e. The summed E-state index contributed by atoms with van der Waals surface area (Å²) in [4.78, 5) is 17.0. The van der Waals surface area contributed by atoms with E-state index in [1.165, 1.54) is 0 Å². The average Bonchev–Trinajstić information content (AvgIpc) is 2.96. The molecule has 1 fully saturated rings. The first-order valence-corrected chi connectivity index (χ1v) is 6.74. The van der Waals surface area contributed by atoms with E-state index in [9.17, 15) is 4.79 Å². The van der Waals surface area contributed by atoms with Crippen molar-refractivity contribution in [1.82, 2.24) is 9.88 Å². The first-order valence-electron chi connectivity index (χ1n) is 5.95. The molecule has 0 bridgehead atoms. The number of nitrogens with zero attached hydrogens (tertiary/aromatic N) is 1. The second kappa shape index (κ2) is 5.69. The zero-order valence-corrected chi connectivity index (χ0v) is 11.5. The van der Waals surface area contributed by atoms with Crippen molar-refractivity contribution < 1.29 is 9.53 Å². The Hall–Kier alpha value is -0.810. The average molecular weight is 301 g/mol. The molecular formula is C12H17BrN2O2. The lowest BCUT2D eigenvalue weighted by Crippen LogP contribution is -2.37. The molecule has 2 rings (SSSR count). The molecule has 1 aliphatic rings. The second-order valence-corrected chi connectivity index (χ2v) is 5.13. The minimum atomic E-state index is 0.0358. The normalized spacial score (nSPS) is 19.5. The number of ether oxygens (including phenoxy) is 1. The zero-order chi connectivity index (χ0) is 12.3. The summed E-state index contributed by atoms with van der Waals surface area (Å²) in [5.41, 5.74) is 0.622. The molecule has 94 valence electrons. The number of hydrogen-bond donors (Lipinski definition) is 1. The Balaban J connectivity index is 1.99. The van der Waals surface area contributed by atoms with Crippen molar-refractivity contribution in [3.8, 4) is 0 Å². The topological polar surface area (TPSA) is 45.3 Å². The van der Waals surface area contributed by atoms with E-state index in [2.05, 4.69) is 20.9 Å². The molecule has 5 heteroatoms. The van der Waals surface area contributed by atoms with E-state index in [1.54, 1.807) is 12.3 Å². The fraction of sp³-hybridized carbons (Fsp3) is 0.583. The SMILES string of the molecule is CCN(CC1CCCO1)C(=O)c1cc(Br)c[nH]1. The summed E-state index contributed by atoms with van der Waals surface area (Å²) in [5.74, 6) is 0.0358. The highest BCUT2D eigenvalue weighted by Crippen LogP contribution is 2.16. The molecule has 17 heavy (non-hydrogen) atoms. The van der Waals surface area contributed by atoms with Gasteiger partial charge in [-0.05, 0) is 41.8 Å². The number of halogens is 1. The van der Waals surface area contributed by atoms with Gasteiger partial charge >= 0.3 is 0 Å². The van der Waals surface area contributed by atoms with Crippen LogP contribution in [0, 0.1) is 0 Å². The van der Waals surface area contributed by atoms with Crippen molar-refractivity contribution in [2.75, 3.05) is 19.7 Å². The highest BCUT2D eigenvalue weighted by atomic mass is 79.9. The molecule has 1 amide bonds. The van der Waals surface area contributed by atoms with E-state index in [4.69, 9.17) is 4.74 Å². The lowest BCUT2D eigenvalue weighted by molar-refractivity contribution is 0.0535. The number of hydrogen-bond acceptors (Lipinski definition) is 2. The van der Waals surface area contributed by atoms with E-state index in [0.717, 1.165) is 23.9 Å². The van der Waals surface area contributed by atoms with Crippen LogP contribution in [0.25, 0.3) is 0 Å². The number of carbonyl (C=O) groups is 1. The molecule has 2 heterocycles. The van der Waals surface area contributed by atoms with Crippen LogP contribution in [-0.2, 0) is 4.74 Å². The van der Waals surface area contributed by atoms with Crippen LogP contribution in [0.4, 0.5) is 0 Å². The van der Waals surface area contributed by atoms with Crippen molar-refractivity contribution in [3.05, 3.63) is 22.4 Å². The quantitative estimate of drug-likeness (QED) is 0.928. The number of nitrogens with one attached hydrogen (secondary N) is 1. The molecule has 1 saturated heterocycles. The third kappa shape index (κ3) is 3.10. The van der Waals surface area contributed by atoms with Crippen molar-refractivity contribution in [2.45, 2.75) is 25.9 Å². The van der Waals surface area contributed by atoms with Gasteiger partial charge in [-0.3, -0.25) is 4.79 Å². The Labute approximate surface area is 109 Å². The van der Waals surface area contributed by atoms with Gasteiger partial charge in [-0.15, -0.1) is 0 Å². The first kappa shape index (κ1) is 12.6. The fourth-order valence-corrected chi connectivity index (χ4v) is 2.39. The Morgan fingerprint density at radius 2 is 2.53 bits per heavy atom. The third-order valence-corrected chi connectivity index (χ3v) is 3.45. The van der Waals surface area contributed by atoms with E-state index in [-0.39, 0.29) is 12.0 Å². The minimum Gasteiger partial charge on any atom is -0.376 e. The molecule has 0 radical (unpaired) electrons. The van der Waals surface area contributed by atoms with Crippen LogP contribution < -0.4 is 0 Å². The van der Waals surface area contributed by atoms with Gasteiger partial charge in [0.05, 0.1) is 6.10 Å². The lowest BCUT2D eigenvalue weighted by atomic mass is 10.2. The van der Waals surface area contributed by atoms with Crippen molar-refractivity contribution in [3.63, 3.8) is 0 Å². The monoisotopic (exact) mass is 300 g/mol. The minimum absolute atomic E-state index is 0.0358. The van der Waals surface area contributed by atoms with Gasteiger partial charge in [-0.2, -0.15) is 0 Å². The molecule has 0 saturated carbocycles. The molecule has 1 aliphatic heterocycles. The van der Waals surface area contributed by atoms with Crippen LogP contribution in [0.15, 0.2) is 16.7 Å². The number of amides is 1. The van der Waals surface area contributed by atoms with Crippen LogP contribution in [0.1, 0.15) is 30.3 Å². The molecule has 1 aromatic heterocycles. The molecule has 1 aromatic rings. The second-order valence-electron chi connectivity index (χ2n) is 4.21. The standard InChI is InChI=1S/C12H17BrN2O2/c1-2-15(8-10-4-3-5-17-10)12(16)11-6-9(13)7-14-11/h6-7,10,14H,2-5,8H2,1H3. The number of aromatic amines is 1. The van der Waals surface area contributed by atoms with Gasteiger partial charge in [0.2, 0.25) is 0 Å². The summed E-state index contributed by atoms with van der Waals surface area (Å²) in [5, 5.41) is 0. The number of carbonyl (C=O) groups excluding carboxylic acids is 1. The summed E-state index contributed by atoms with van der Waals surface area (Å²) in [6.07, 6.45) is 4.13. The predicted octanol–water partition coefficient (Wildman–Crippen LogP) is 2.42. The molecular weight excluding hydrogens is 284 g/mol. The van der Waals surface area contributed by atoms with Crippen LogP contribution >= 0.6 is 15.9 Å². The van der Waals surface area contributed by atoms with Crippen molar-refractivity contribution in [2.24, 2.45) is 0 Å². The van der Waals surface area contributed by atoms with E-state index < -0.39 is 0 Å². The number of H-pyrrole nitrogens is 1. The van der Waals surface area contributed by atoms with E-state index in [1.807, 2.05) is 11.8 Å². The van der Waals surface area contributed by atoms with Crippen LogP contribution in [0.2, 0.25) is 0 Å². The number of likely N-dealkylation sites (N-methyl/N-ethyl adjacent to an activating group) is 1. The highest BCUT2D eigenvalue weighted by molar-refractivity contribution is 9.10. The molecule has 0 spiro atoms. The van der Waals surface area contributed by atoms with Gasteiger partial charge in [-0.1, -0.05) is 0 Å². The summed E-state index contributed by atoms with van der Waals surface area (Å²) >= 11 is 3.33. The van der Waals surface area contributed by atoms with E-state index >= 15 is 0 Å². The van der Waals surface area contributed by atoms with Crippen molar-refractivity contribution in [1.29, 1.82) is 0 Å². The Morgan fingerprint density at radius 3 is 3.06 bits per heavy atom. The summed E-state index contributed by atoms with van der Waals surface area (Å²) in [7, 11) is 0. The molecule has 1 atom stereocenters. The molecule has 4 nitrogen and oxygen atoms in total. The molecule has 0 aliphatic carbocycles. The maximum absolute atomic E-state index is 12.2. The van der Waals surface area contributed by atoms with Gasteiger partial charge in [0, 0.05) is 30.4 Å². The van der Waals surface area contributed by atoms with E-state index in [0.29, 0.717) is 18.8 Å². The fourth-order valence-electron chi connectivity index (χ4n) is 2.05. The first-order chi connectivity index (χ1) is 8.20. The summed E-state index contributed by atoms with van der Waals surface area (Å²) in [6.45, 7) is 4.20. The highest BCUT2D eigenvalue weighted by Gasteiger charge is 2.22. The van der Waals surface area contributed by atoms with Crippen LogP contribution in [-0.4, -0.2) is 41.6 Å². The van der Waals surface area contributed by atoms with Crippen LogP contribution in [0.5, 0.6) is 0 Å².